The zero-order valence-electron chi connectivity index (χ0n) is 19.0. The molecule has 2 aromatic rings. The van der Waals surface area contributed by atoms with Crippen molar-refractivity contribution in [2.24, 2.45) is 0 Å². The molecule has 1 heterocycles. The second-order valence-corrected chi connectivity index (χ2v) is 11.3. The Morgan fingerprint density at radius 3 is 1.89 bits per heavy atom. The molecule has 1 aliphatic heterocycles. The van der Waals surface area contributed by atoms with Crippen LogP contribution >= 0.6 is 23.2 Å². The average Bonchev–Trinajstić information content (AvgIpc) is 2.83. The lowest BCUT2D eigenvalue weighted by atomic mass is 9.71. The van der Waals surface area contributed by atoms with E-state index in [2.05, 4.69) is 0 Å². The third-order valence-corrected chi connectivity index (χ3v) is 8.62. The van der Waals surface area contributed by atoms with Crippen molar-refractivity contribution in [1.29, 1.82) is 0 Å². The van der Waals surface area contributed by atoms with Gasteiger partial charge in [0, 0.05) is 48.3 Å². The van der Waals surface area contributed by atoms with Gasteiger partial charge in [0.15, 0.2) is 17.3 Å². The first-order valence-corrected chi connectivity index (χ1v) is 13.6. The molecule has 0 N–H and O–H groups in total. The Balaban J connectivity index is 1.62. The number of carbonyl (C=O) groups excluding carboxylic acids is 2. The summed E-state index contributed by atoms with van der Waals surface area (Å²) in [4.78, 5) is 28.2. The predicted octanol–water partition coefficient (Wildman–Crippen LogP) is 5.80. The molecule has 6 nitrogen and oxygen atoms in total. The molecule has 0 atom stereocenters. The first-order chi connectivity index (χ1) is 16.7. The standard InChI is InChI=1S/C26H23Cl2NO5S/c1-29-19-9-5-11-21(30)24(19)23(25-20(29)10-6-12-22(25)31)15-13-17(27)26(18(28)14-15)34-35(32,33)16-7-3-2-4-8-16/h2-4,7-8,13-14,23H,5-6,9-12H2,1H3. The van der Waals surface area contributed by atoms with E-state index in [1.54, 1.807) is 30.3 Å². The molecule has 0 bridgehead atoms. The van der Waals surface area contributed by atoms with E-state index in [9.17, 15) is 18.0 Å². The Hall–Kier alpha value is -2.61. The molecule has 0 saturated carbocycles. The Kier molecular flexibility index (Phi) is 6.28. The molecule has 0 fully saturated rings. The van der Waals surface area contributed by atoms with Crippen LogP contribution < -0.4 is 4.18 Å². The average molecular weight is 532 g/mol. The van der Waals surface area contributed by atoms with Crippen molar-refractivity contribution in [3.05, 3.63) is 80.6 Å². The van der Waals surface area contributed by atoms with E-state index in [1.807, 2.05) is 11.9 Å². The van der Waals surface area contributed by atoms with Crippen LogP contribution in [-0.4, -0.2) is 31.9 Å². The molecule has 0 saturated heterocycles. The molecule has 2 aromatic carbocycles. The lowest BCUT2D eigenvalue weighted by Gasteiger charge is -2.42. The van der Waals surface area contributed by atoms with Gasteiger partial charge in [-0.05, 0) is 55.5 Å². The van der Waals surface area contributed by atoms with Crippen molar-refractivity contribution in [3.63, 3.8) is 0 Å². The zero-order chi connectivity index (χ0) is 24.9. The molecule has 0 radical (unpaired) electrons. The number of ketones is 2. The maximum Gasteiger partial charge on any atom is 0.339 e. The fraction of sp³-hybridized carbons (Fsp3) is 0.308. The van der Waals surface area contributed by atoms with Crippen molar-refractivity contribution < 1.29 is 22.2 Å². The van der Waals surface area contributed by atoms with E-state index in [-0.39, 0.29) is 32.3 Å². The molecular formula is C26H23Cl2NO5S. The number of rotatable bonds is 4. The Morgan fingerprint density at radius 2 is 1.37 bits per heavy atom. The highest BCUT2D eigenvalue weighted by Gasteiger charge is 2.42. The summed E-state index contributed by atoms with van der Waals surface area (Å²) in [7, 11) is -2.24. The van der Waals surface area contributed by atoms with Gasteiger partial charge in [0.05, 0.1) is 10.0 Å². The van der Waals surface area contributed by atoms with E-state index in [0.717, 1.165) is 37.1 Å². The number of Topliss-reactive ketones (excluding diaryl/α,β-unsaturated/α-hetero) is 2. The molecule has 0 unspecified atom stereocenters. The first-order valence-electron chi connectivity index (χ1n) is 11.4. The van der Waals surface area contributed by atoms with Crippen LogP contribution in [0.15, 0.2) is 69.9 Å². The van der Waals surface area contributed by atoms with E-state index < -0.39 is 16.0 Å². The minimum absolute atomic E-state index is 0.00671. The number of halogens is 2. The van der Waals surface area contributed by atoms with Gasteiger partial charge < -0.3 is 9.08 Å². The summed E-state index contributed by atoms with van der Waals surface area (Å²) in [6.07, 6.45) is 3.85. The van der Waals surface area contributed by atoms with Crippen LogP contribution in [0.1, 0.15) is 50.0 Å². The Bertz CT molecular complexity index is 1350. The molecule has 0 spiro atoms. The maximum atomic E-state index is 13.1. The number of carbonyl (C=O) groups is 2. The van der Waals surface area contributed by atoms with Crippen molar-refractivity contribution in [1.82, 2.24) is 4.90 Å². The molecule has 9 heteroatoms. The summed E-state index contributed by atoms with van der Waals surface area (Å²) >= 11 is 13.0. The third kappa shape index (κ3) is 4.20. The van der Waals surface area contributed by atoms with E-state index >= 15 is 0 Å². The molecule has 2 aliphatic carbocycles. The van der Waals surface area contributed by atoms with Gasteiger partial charge in [-0.25, -0.2) is 0 Å². The second kappa shape index (κ2) is 9.12. The van der Waals surface area contributed by atoms with Gasteiger partial charge in [-0.15, -0.1) is 0 Å². The van der Waals surface area contributed by atoms with Crippen LogP contribution in [0.5, 0.6) is 5.75 Å². The van der Waals surface area contributed by atoms with Gasteiger partial charge in [-0.1, -0.05) is 41.4 Å². The predicted molar refractivity (Wildman–Crippen MR) is 133 cm³/mol. The number of nitrogens with zero attached hydrogens (tertiary/aromatic N) is 1. The monoisotopic (exact) mass is 531 g/mol. The second-order valence-electron chi connectivity index (χ2n) is 8.93. The molecule has 35 heavy (non-hydrogen) atoms. The topological polar surface area (TPSA) is 80.8 Å². The molecule has 5 rings (SSSR count). The molecule has 0 amide bonds. The minimum atomic E-state index is -4.16. The van der Waals surface area contributed by atoms with Crippen LogP contribution in [0.2, 0.25) is 10.0 Å². The van der Waals surface area contributed by atoms with Gasteiger partial charge in [0.2, 0.25) is 0 Å². The lowest BCUT2D eigenvalue weighted by molar-refractivity contribution is -0.117. The van der Waals surface area contributed by atoms with E-state index in [1.165, 1.54) is 12.1 Å². The van der Waals surface area contributed by atoms with Crippen molar-refractivity contribution in [3.8, 4) is 5.75 Å². The van der Waals surface area contributed by atoms with Gasteiger partial charge >= 0.3 is 10.1 Å². The van der Waals surface area contributed by atoms with Gasteiger partial charge in [0.1, 0.15) is 4.90 Å². The quantitative estimate of drug-likeness (QED) is 0.463. The summed E-state index contributed by atoms with van der Waals surface area (Å²) in [6, 6.07) is 10.8. The highest BCUT2D eigenvalue weighted by atomic mass is 35.5. The molecule has 3 aliphatic rings. The van der Waals surface area contributed by atoms with Crippen molar-refractivity contribution in [2.75, 3.05) is 7.05 Å². The summed E-state index contributed by atoms with van der Waals surface area (Å²) in [5.41, 5.74) is 3.64. The van der Waals surface area contributed by atoms with Crippen LogP contribution in [0.25, 0.3) is 0 Å². The van der Waals surface area contributed by atoms with Gasteiger partial charge in [0.25, 0.3) is 0 Å². The van der Waals surface area contributed by atoms with Gasteiger partial charge in [-0.3, -0.25) is 9.59 Å². The Labute approximate surface area is 214 Å². The van der Waals surface area contributed by atoms with E-state index in [0.29, 0.717) is 29.6 Å². The van der Waals surface area contributed by atoms with Crippen LogP contribution in [0.3, 0.4) is 0 Å². The highest BCUT2D eigenvalue weighted by molar-refractivity contribution is 7.87. The maximum absolute atomic E-state index is 13.1. The largest absolute Gasteiger partial charge is 0.376 e. The van der Waals surface area contributed by atoms with Gasteiger partial charge in [-0.2, -0.15) is 8.42 Å². The SMILES string of the molecule is CN1C2=C(C(=O)CCC2)C(c2cc(Cl)c(OS(=O)(=O)c3ccccc3)c(Cl)c2)C2=C1CCCC2=O. The summed E-state index contributed by atoms with van der Waals surface area (Å²) in [6.45, 7) is 0. The number of hydrogen-bond acceptors (Lipinski definition) is 6. The van der Waals surface area contributed by atoms with Crippen LogP contribution in [0, 0.1) is 0 Å². The number of benzene rings is 2. The minimum Gasteiger partial charge on any atom is -0.376 e. The molecule has 182 valence electrons. The van der Waals surface area contributed by atoms with Crippen LogP contribution in [0.4, 0.5) is 0 Å². The van der Waals surface area contributed by atoms with Crippen LogP contribution in [-0.2, 0) is 19.7 Å². The van der Waals surface area contributed by atoms with E-state index in [4.69, 9.17) is 27.4 Å². The Morgan fingerprint density at radius 1 is 0.857 bits per heavy atom. The molecular weight excluding hydrogens is 509 g/mol. The smallest absolute Gasteiger partial charge is 0.339 e. The summed E-state index contributed by atoms with van der Waals surface area (Å²) in [5.74, 6) is -0.770. The summed E-state index contributed by atoms with van der Waals surface area (Å²) in [5, 5.41) is -0.0245. The fourth-order valence-electron chi connectivity index (χ4n) is 5.26. The normalized spacial score (nSPS) is 19.1. The number of hydrogen-bond donors (Lipinski definition) is 0. The molecule has 0 aromatic heterocycles. The first kappa shape index (κ1) is 24.1. The third-order valence-electron chi connectivity index (χ3n) is 6.82. The van der Waals surface area contributed by atoms with Crippen molar-refractivity contribution in [2.45, 2.75) is 49.3 Å². The summed E-state index contributed by atoms with van der Waals surface area (Å²) < 4.78 is 30.8. The zero-order valence-corrected chi connectivity index (χ0v) is 21.3. The lowest BCUT2D eigenvalue weighted by Crippen LogP contribution is -2.37. The highest BCUT2D eigenvalue weighted by Crippen LogP contribution is 2.50. The fourth-order valence-corrected chi connectivity index (χ4v) is 6.91. The van der Waals surface area contributed by atoms with Crippen molar-refractivity contribution >= 4 is 44.9 Å². The number of allylic oxidation sites excluding steroid dienone is 4.